The van der Waals surface area contributed by atoms with Crippen molar-refractivity contribution in [2.75, 3.05) is 0 Å². The van der Waals surface area contributed by atoms with Crippen molar-refractivity contribution in [3.8, 4) is 0 Å². The van der Waals surface area contributed by atoms with Gasteiger partial charge in [0.1, 0.15) is 12.7 Å². The fourth-order valence-corrected chi connectivity index (χ4v) is 2.38. The average Bonchev–Trinajstić information content (AvgIpc) is 3.48. The summed E-state index contributed by atoms with van der Waals surface area (Å²) in [5.74, 6) is 0. The lowest BCUT2D eigenvalue weighted by atomic mass is 10.5. The van der Waals surface area contributed by atoms with Crippen molar-refractivity contribution in [3.63, 3.8) is 0 Å². The lowest BCUT2D eigenvalue weighted by Gasteiger charge is -1.86. The van der Waals surface area contributed by atoms with Gasteiger partial charge in [-0.25, -0.2) is 14.0 Å². The van der Waals surface area contributed by atoms with E-state index in [9.17, 15) is 0 Å². The Balaban J connectivity index is 0.0000001000. The fourth-order valence-electron chi connectivity index (χ4n) is 2.38. The third-order valence-electron chi connectivity index (χ3n) is 3.67. The van der Waals surface area contributed by atoms with Crippen LogP contribution in [0.2, 0.25) is 0 Å². The van der Waals surface area contributed by atoms with E-state index in [1.165, 1.54) is 6.33 Å². The molecule has 9 nitrogen and oxygen atoms in total. The highest BCUT2D eigenvalue weighted by atomic mass is 15.4. The molecule has 0 amide bonds. The molecule has 0 N–H and O–H groups in total. The van der Waals surface area contributed by atoms with Crippen LogP contribution >= 0.6 is 0 Å². The molecular weight excluding hydrogens is 342 g/mol. The number of nitrogens with zero attached hydrogens (tertiary/aromatic N) is 9. The van der Waals surface area contributed by atoms with Crippen LogP contribution in [0, 0.1) is 0 Å². The Bertz CT molecular complexity index is 1000. The van der Waals surface area contributed by atoms with E-state index in [1.807, 2.05) is 65.5 Å². The molecule has 6 aromatic rings. The summed E-state index contributed by atoms with van der Waals surface area (Å²) in [6.07, 6.45) is 14.0. The smallest absolute Gasteiger partial charge is 0.136 e. The quantitative estimate of drug-likeness (QED) is 0.414. The summed E-state index contributed by atoms with van der Waals surface area (Å²) in [6, 6.07) is 13.7. The summed E-state index contributed by atoms with van der Waals surface area (Å²) in [5.41, 5.74) is 3.17. The Morgan fingerprint density at radius 3 is 2.33 bits per heavy atom. The van der Waals surface area contributed by atoms with Gasteiger partial charge in [0.2, 0.25) is 0 Å². The van der Waals surface area contributed by atoms with E-state index in [-0.39, 0.29) is 0 Å². The van der Waals surface area contributed by atoms with Gasteiger partial charge in [-0.2, -0.15) is 10.2 Å². The number of hydrogen-bond donors (Lipinski definition) is 0. The average molecular weight is 357 g/mol. The monoisotopic (exact) mass is 357 g/mol. The summed E-state index contributed by atoms with van der Waals surface area (Å²) in [7, 11) is 0. The minimum atomic E-state index is 1.03. The van der Waals surface area contributed by atoms with E-state index >= 15 is 0 Å². The van der Waals surface area contributed by atoms with Crippen LogP contribution in [-0.4, -0.2) is 44.0 Å². The first-order valence-corrected chi connectivity index (χ1v) is 8.12. The van der Waals surface area contributed by atoms with Gasteiger partial charge in [0.15, 0.2) is 0 Å². The third-order valence-corrected chi connectivity index (χ3v) is 3.67. The fraction of sp³-hybridized carbons (Fsp3) is 0. The Morgan fingerprint density at radius 1 is 0.667 bits per heavy atom. The Kier molecular flexibility index (Phi) is 4.74. The third kappa shape index (κ3) is 3.93. The minimum absolute atomic E-state index is 1.03. The molecule has 6 rings (SSSR count). The number of aromatic nitrogens is 9. The van der Waals surface area contributed by atoms with Crippen molar-refractivity contribution in [2.45, 2.75) is 0 Å². The molecule has 27 heavy (non-hydrogen) atoms. The van der Waals surface area contributed by atoms with Gasteiger partial charge >= 0.3 is 0 Å². The van der Waals surface area contributed by atoms with Gasteiger partial charge in [-0.05, 0) is 42.5 Å². The molecule has 0 bridgehead atoms. The summed E-state index contributed by atoms with van der Waals surface area (Å²) < 4.78 is 5.40. The molecule has 0 fully saturated rings. The van der Waals surface area contributed by atoms with Gasteiger partial charge in [0.25, 0.3) is 0 Å². The Hall–Kier alpha value is -4.14. The summed E-state index contributed by atoms with van der Waals surface area (Å²) in [6.45, 7) is 0. The van der Waals surface area contributed by atoms with Crippen LogP contribution in [0.3, 0.4) is 0 Å². The van der Waals surface area contributed by atoms with Crippen LogP contribution in [0.25, 0.3) is 16.6 Å². The molecule has 9 heteroatoms. The Labute approximate surface area is 153 Å². The van der Waals surface area contributed by atoms with Gasteiger partial charge in [0.05, 0.1) is 35.1 Å². The van der Waals surface area contributed by atoms with E-state index in [0.717, 1.165) is 16.6 Å². The van der Waals surface area contributed by atoms with E-state index in [4.69, 9.17) is 0 Å². The minimum Gasteiger partial charge on any atom is -0.305 e. The van der Waals surface area contributed by atoms with E-state index < -0.39 is 0 Å². The van der Waals surface area contributed by atoms with Crippen molar-refractivity contribution < 1.29 is 0 Å². The zero-order valence-corrected chi connectivity index (χ0v) is 14.2. The molecule has 0 aliphatic heterocycles. The van der Waals surface area contributed by atoms with Crippen molar-refractivity contribution in [1.82, 2.24) is 44.0 Å². The van der Waals surface area contributed by atoms with Crippen LogP contribution in [0.4, 0.5) is 0 Å². The predicted molar refractivity (Wildman–Crippen MR) is 99.0 cm³/mol. The molecule has 0 saturated heterocycles. The summed E-state index contributed by atoms with van der Waals surface area (Å²) >= 11 is 0. The van der Waals surface area contributed by atoms with Gasteiger partial charge in [-0.1, -0.05) is 5.21 Å². The maximum Gasteiger partial charge on any atom is 0.136 e. The lowest BCUT2D eigenvalue weighted by Crippen LogP contribution is -1.89. The van der Waals surface area contributed by atoms with Gasteiger partial charge in [0, 0.05) is 18.6 Å². The molecule has 0 atom stereocenters. The highest BCUT2D eigenvalue weighted by Crippen LogP contribution is 1.98. The zero-order chi connectivity index (χ0) is 18.3. The molecule has 0 radical (unpaired) electrons. The number of rotatable bonds is 0. The molecule has 0 saturated carbocycles. The van der Waals surface area contributed by atoms with Gasteiger partial charge in [-0.3, -0.25) is 0 Å². The highest BCUT2D eigenvalue weighted by molar-refractivity contribution is 5.44. The zero-order valence-electron chi connectivity index (χ0n) is 14.2. The lowest BCUT2D eigenvalue weighted by molar-refractivity contribution is 0.810. The van der Waals surface area contributed by atoms with Crippen LogP contribution in [0.5, 0.6) is 0 Å². The van der Waals surface area contributed by atoms with Crippen molar-refractivity contribution in [1.29, 1.82) is 0 Å². The predicted octanol–water partition coefficient (Wildman–Crippen LogP) is 2.19. The first kappa shape index (κ1) is 16.3. The van der Waals surface area contributed by atoms with Crippen molar-refractivity contribution in [3.05, 3.63) is 92.3 Å². The largest absolute Gasteiger partial charge is 0.305 e. The van der Waals surface area contributed by atoms with Crippen molar-refractivity contribution >= 4 is 16.6 Å². The Morgan fingerprint density at radius 2 is 1.48 bits per heavy atom. The second-order valence-electron chi connectivity index (χ2n) is 5.40. The summed E-state index contributed by atoms with van der Waals surface area (Å²) in [5, 5.41) is 18.9. The van der Waals surface area contributed by atoms with Gasteiger partial charge < -0.3 is 4.40 Å². The standard InChI is InChI=1S/3C6H5N3/c1-2-6-3-4-7-8-9(6)5-1;1-2-6-4-7-8-5-9(6)3-1;1-2-6-4-7-5-8-9(6)3-1/h3*1-5H. The topological polar surface area (TPSA) is 90.6 Å². The van der Waals surface area contributed by atoms with Crippen LogP contribution in [-0.2, 0) is 0 Å². The SMILES string of the molecule is c1cc2ccnnn2c1.c1cc2cncnn2c1.c1cc2cnncn2c1. The maximum atomic E-state index is 3.95. The number of hydrogen-bond acceptors (Lipinski definition) is 6. The molecule has 6 aromatic heterocycles. The van der Waals surface area contributed by atoms with Crippen LogP contribution in [0.15, 0.2) is 92.3 Å². The molecule has 6 heterocycles. The molecule has 0 spiro atoms. The maximum absolute atomic E-state index is 3.95. The second kappa shape index (κ2) is 7.83. The normalized spacial score (nSPS) is 10.2. The molecule has 0 aromatic carbocycles. The first-order valence-electron chi connectivity index (χ1n) is 8.12. The molecule has 132 valence electrons. The summed E-state index contributed by atoms with van der Waals surface area (Å²) in [4.78, 5) is 3.85. The molecular formula is C18H15N9. The molecule has 0 aliphatic carbocycles. The molecule has 0 unspecified atom stereocenters. The number of fused-ring (bicyclic) bond motifs is 3. The van der Waals surface area contributed by atoms with E-state index in [0.29, 0.717) is 0 Å². The van der Waals surface area contributed by atoms with E-state index in [2.05, 4.69) is 30.6 Å². The van der Waals surface area contributed by atoms with Crippen LogP contribution in [0.1, 0.15) is 0 Å². The van der Waals surface area contributed by atoms with Gasteiger partial charge in [-0.15, -0.1) is 10.2 Å². The second-order valence-corrected chi connectivity index (χ2v) is 5.40. The highest BCUT2D eigenvalue weighted by Gasteiger charge is 1.87. The van der Waals surface area contributed by atoms with Crippen molar-refractivity contribution in [2.24, 2.45) is 0 Å². The first-order chi connectivity index (χ1) is 13.4. The molecule has 0 aliphatic rings. The van der Waals surface area contributed by atoms with Crippen LogP contribution < -0.4 is 0 Å². The van der Waals surface area contributed by atoms with E-state index in [1.54, 1.807) is 33.9 Å².